The summed E-state index contributed by atoms with van der Waals surface area (Å²) in [4.78, 5) is 25.7. The van der Waals surface area contributed by atoms with Crippen molar-refractivity contribution in [2.45, 2.75) is 12.8 Å². The second-order valence-corrected chi connectivity index (χ2v) is 6.02. The number of carbonyl (C=O) groups excluding carboxylic acids is 2. The van der Waals surface area contributed by atoms with Gasteiger partial charge in [-0.1, -0.05) is 29.8 Å². The standard InChI is InChI=1S/C19H18ClNO4/c20-16-9-8-14(13-17(16)21-10-4-7-18(21)22)19(23)25-12-11-24-15-5-2-1-3-6-15/h1-3,5-6,8-9,13H,4,7,10-12H2. The molecule has 2 aromatic carbocycles. The number of carbonyl (C=O) groups is 2. The number of halogens is 1. The van der Waals surface area contributed by atoms with E-state index in [0.29, 0.717) is 29.2 Å². The van der Waals surface area contributed by atoms with Gasteiger partial charge in [0.15, 0.2) is 0 Å². The van der Waals surface area contributed by atoms with Crippen molar-refractivity contribution in [2.24, 2.45) is 0 Å². The summed E-state index contributed by atoms with van der Waals surface area (Å²) in [5, 5.41) is 0.444. The highest BCUT2D eigenvalue weighted by Crippen LogP contribution is 2.30. The van der Waals surface area contributed by atoms with E-state index >= 15 is 0 Å². The number of nitrogens with zero attached hydrogens (tertiary/aromatic N) is 1. The number of hydrogen-bond donors (Lipinski definition) is 0. The first-order chi connectivity index (χ1) is 12.1. The quantitative estimate of drug-likeness (QED) is 0.583. The maximum absolute atomic E-state index is 12.2. The van der Waals surface area contributed by atoms with Crippen LogP contribution in [0.15, 0.2) is 48.5 Å². The van der Waals surface area contributed by atoms with Gasteiger partial charge in [0.25, 0.3) is 0 Å². The molecule has 5 nitrogen and oxygen atoms in total. The molecule has 0 saturated carbocycles. The van der Waals surface area contributed by atoms with Gasteiger partial charge in [0, 0.05) is 13.0 Å². The molecule has 0 unspecified atom stereocenters. The predicted molar refractivity (Wildman–Crippen MR) is 95.3 cm³/mol. The van der Waals surface area contributed by atoms with Gasteiger partial charge in [-0.2, -0.15) is 0 Å². The number of anilines is 1. The molecular formula is C19H18ClNO4. The van der Waals surface area contributed by atoms with Crippen LogP contribution in [0.3, 0.4) is 0 Å². The normalized spacial score (nSPS) is 13.8. The van der Waals surface area contributed by atoms with E-state index in [1.54, 1.807) is 23.1 Å². The lowest BCUT2D eigenvalue weighted by Gasteiger charge is -2.18. The van der Waals surface area contributed by atoms with Crippen LogP contribution < -0.4 is 9.64 Å². The number of rotatable bonds is 6. The molecule has 0 radical (unpaired) electrons. The third-order valence-corrected chi connectivity index (χ3v) is 4.19. The molecule has 3 rings (SSSR count). The van der Waals surface area contributed by atoms with Gasteiger partial charge >= 0.3 is 5.97 Å². The highest BCUT2D eigenvalue weighted by Gasteiger charge is 2.24. The van der Waals surface area contributed by atoms with Crippen molar-refractivity contribution in [1.82, 2.24) is 0 Å². The molecule has 0 N–H and O–H groups in total. The van der Waals surface area contributed by atoms with Crippen LogP contribution in [-0.2, 0) is 9.53 Å². The Morgan fingerprint density at radius 3 is 2.64 bits per heavy atom. The molecule has 1 aliphatic heterocycles. The number of esters is 1. The molecule has 1 saturated heterocycles. The number of benzene rings is 2. The van der Waals surface area contributed by atoms with Gasteiger partial charge < -0.3 is 14.4 Å². The SMILES string of the molecule is O=C(OCCOc1ccccc1)c1ccc(Cl)c(N2CCCC2=O)c1. The van der Waals surface area contributed by atoms with Gasteiger partial charge in [0.05, 0.1) is 16.3 Å². The van der Waals surface area contributed by atoms with E-state index in [4.69, 9.17) is 21.1 Å². The molecule has 1 amide bonds. The van der Waals surface area contributed by atoms with Crippen molar-refractivity contribution in [3.8, 4) is 5.75 Å². The molecule has 6 heteroatoms. The summed E-state index contributed by atoms with van der Waals surface area (Å²) in [6, 6.07) is 14.1. The van der Waals surface area contributed by atoms with Gasteiger partial charge in [0.2, 0.25) is 5.91 Å². The maximum atomic E-state index is 12.2. The van der Waals surface area contributed by atoms with E-state index < -0.39 is 5.97 Å². The summed E-state index contributed by atoms with van der Waals surface area (Å²) < 4.78 is 10.7. The van der Waals surface area contributed by atoms with E-state index in [9.17, 15) is 9.59 Å². The molecule has 1 aliphatic rings. The summed E-state index contributed by atoms with van der Waals surface area (Å²) in [5.41, 5.74) is 0.915. The fourth-order valence-electron chi connectivity index (χ4n) is 2.64. The fourth-order valence-corrected chi connectivity index (χ4v) is 2.86. The summed E-state index contributed by atoms with van der Waals surface area (Å²) in [5.74, 6) is 0.268. The summed E-state index contributed by atoms with van der Waals surface area (Å²) in [7, 11) is 0. The lowest BCUT2D eigenvalue weighted by atomic mass is 10.2. The monoisotopic (exact) mass is 359 g/mol. The Labute approximate surface area is 151 Å². The Kier molecular flexibility index (Phi) is 5.56. The van der Waals surface area contributed by atoms with E-state index in [1.165, 1.54) is 0 Å². The zero-order valence-electron chi connectivity index (χ0n) is 13.6. The van der Waals surface area contributed by atoms with Crippen LogP contribution in [0.4, 0.5) is 5.69 Å². The molecule has 2 aromatic rings. The van der Waals surface area contributed by atoms with Crippen LogP contribution in [0.5, 0.6) is 5.75 Å². The second kappa shape index (κ2) is 8.03. The first-order valence-electron chi connectivity index (χ1n) is 8.10. The highest BCUT2D eigenvalue weighted by molar-refractivity contribution is 6.34. The number of ether oxygens (including phenoxy) is 2. The minimum Gasteiger partial charge on any atom is -0.490 e. The molecule has 1 heterocycles. The average Bonchev–Trinajstić information content (AvgIpc) is 3.05. The highest BCUT2D eigenvalue weighted by atomic mass is 35.5. The second-order valence-electron chi connectivity index (χ2n) is 5.61. The Morgan fingerprint density at radius 2 is 1.92 bits per heavy atom. The first kappa shape index (κ1) is 17.3. The van der Waals surface area contributed by atoms with Gasteiger partial charge in [-0.15, -0.1) is 0 Å². The number of amides is 1. The molecular weight excluding hydrogens is 342 g/mol. The van der Waals surface area contributed by atoms with Gasteiger partial charge in [-0.25, -0.2) is 4.79 Å². The van der Waals surface area contributed by atoms with Crippen LogP contribution in [0.2, 0.25) is 5.02 Å². The van der Waals surface area contributed by atoms with E-state index in [-0.39, 0.29) is 19.1 Å². The van der Waals surface area contributed by atoms with Gasteiger partial charge in [0.1, 0.15) is 19.0 Å². The molecule has 1 fully saturated rings. The van der Waals surface area contributed by atoms with E-state index in [0.717, 1.165) is 12.2 Å². The van der Waals surface area contributed by atoms with Crippen LogP contribution >= 0.6 is 11.6 Å². The molecule has 0 bridgehead atoms. The largest absolute Gasteiger partial charge is 0.490 e. The summed E-state index contributed by atoms with van der Waals surface area (Å²) >= 11 is 6.17. The predicted octanol–water partition coefficient (Wildman–Crippen LogP) is 3.70. The van der Waals surface area contributed by atoms with Crippen LogP contribution in [0.1, 0.15) is 23.2 Å². The molecule has 0 spiro atoms. The van der Waals surface area contributed by atoms with Gasteiger partial charge in [-0.3, -0.25) is 4.79 Å². The van der Waals surface area contributed by atoms with Crippen molar-refractivity contribution >= 4 is 29.2 Å². The van der Waals surface area contributed by atoms with Gasteiger partial charge in [-0.05, 0) is 36.8 Å². The van der Waals surface area contributed by atoms with Crippen molar-refractivity contribution in [2.75, 3.05) is 24.7 Å². The molecule has 0 atom stereocenters. The Bertz CT molecular complexity index is 763. The van der Waals surface area contributed by atoms with Crippen LogP contribution in [0, 0.1) is 0 Å². The lowest BCUT2D eigenvalue weighted by Crippen LogP contribution is -2.24. The van der Waals surface area contributed by atoms with E-state index in [2.05, 4.69) is 0 Å². The van der Waals surface area contributed by atoms with Crippen LogP contribution in [-0.4, -0.2) is 31.6 Å². The molecule has 130 valence electrons. The van der Waals surface area contributed by atoms with Crippen molar-refractivity contribution in [3.63, 3.8) is 0 Å². The fraction of sp³-hybridized carbons (Fsp3) is 0.263. The first-order valence-corrected chi connectivity index (χ1v) is 8.48. The van der Waals surface area contributed by atoms with Crippen LogP contribution in [0.25, 0.3) is 0 Å². The Hall–Kier alpha value is -2.53. The minimum atomic E-state index is -0.471. The third kappa shape index (κ3) is 4.31. The third-order valence-electron chi connectivity index (χ3n) is 3.87. The average molecular weight is 360 g/mol. The van der Waals surface area contributed by atoms with Crippen molar-refractivity contribution < 1.29 is 19.1 Å². The van der Waals surface area contributed by atoms with Crippen molar-refractivity contribution in [3.05, 3.63) is 59.1 Å². The maximum Gasteiger partial charge on any atom is 0.338 e. The lowest BCUT2D eigenvalue weighted by molar-refractivity contribution is -0.117. The molecule has 0 aliphatic carbocycles. The Balaban J connectivity index is 1.57. The molecule has 0 aromatic heterocycles. The minimum absolute atomic E-state index is 0.0173. The topological polar surface area (TPSA) is 55.8 Å². The zero-order chi connectivity index (χ0) is 17.6. The summed E-state index contributed by atoms with van der Waals surface area (Å²) in [6.07, 6.45) is 1.29. The smallest absolute Gasteiger partial charge is 0.338 e. The Morgan fingerprint density at radius 1 is 1.12 bits per heavy atom. The van der Waals surface area contributed by atoms with Crippen molar-refractivity contribution in [1.29, 1.82) is 0 Å². The molecule has 25 heavy (non-hydrogen) atoms. The van der Waals surface area contributed by atoms with E-state index in [1.807, 2.05) is 30.3 Å². The number of para-hydroxylation sites is 1. The number of hydrogen-bond acceptors (Lipinski definition) is 4. The zero-order valence-corrected chi connectivity index (χ0v) is 14.4. The summed E-state index contributed by atoms with van der Waals surface area (Å²) in [6.45, 7) is 1.01.